The normalized spacial score (nSPS) is 15.7. The number of nitrogens with one attached hydrogen (secondary N) is 1. The maximum absolute atomic E-state index is 13.4. The van der Waals surface area contributed by atoms with Crippen molar-refractivity contribution in [3.8, 4) is 11.1 Å². The molecule has 1 amide bonds. The van der Waals surface area contributed by atoms with Gasteiger partial charge in [0.15, 0.2) is 0 Å². The van der Waals surface area contributed by atoms with Crippen molar-refractivity contribution >= 4 is 21.7 Å². The molecule has 1 saturated carbocycles. The van der Waals surface area contributed by atoms with Gasteiger partial charge in [0.1, 0.15) is 15.9 Å². The van der Waals surface area contributed by atoms with Crippen molar-refractivity contribution in [2.75, 3.05) is 19.1 Å². The predicted molar refractivity (Wildman–Crippen MR) is 157 cm³/mol. The third-order valence-corrected chi connectivity index (χ3v) is 9.09. The first-order valence-electron chi connectivity index (χ1n) is 13.9. The summed E-state index contributed by atoms with van der Waals surface area (Å²) in [6.45, 7) is 7.30. The molecule has 0 aromatic heterocycles. The summed E-state index contributed by atoms with van der Waals surface area (Å²) in [7, 11) is -1.22. The second-order valence-corrected chi connectivity index (χ2v) is 14.1. The lowest BCUT2D eigenvalue weighted by Gasteiger charge is -2.39. The number of amides is 1. The lowest BCUT2D eigenvalue weighted by atomic mass is 9.80. The van der Waals surface area contributed by atoms with Gasteiger partial charge < -0.3 is 10.4 Å². The molecule has 2 N–H and O–H groups in total. The molecular weight excluding hydrogens is 512 g/mol. The molecule has 0 saturated heterocycles. The molecule has 0 unspecified atom stereocenters. The molecule has 214 valence electrons. The molecule has 2 aromatic carbocycles. The summed E-state index contributed by atoms with van der Waals surface area (Å²) in [5, 5.41) is 12.2. The Kier molecular flexibility index (Phi) is 10.4. The van der Waals surface area contributed by atoms with Crippen LogP contribution in [0, 0.1) is 12.8 Å². The van der Waals surface area contributed by atoms with Gasteiger partial charge in [0.2, 0.25) is 0 Å². The average Bonchev–Trinajstić information content (AvgIpc) is 2.86. The molecule has 7 nitrogen and oxygen atoms in total. The van der Waals surface area contributed by atoms with Crippen molar-refractivity contribution in [1.82, 2.24) is 10.2 Å². The molecule has 8 heteroatoms. The number of carboxylic acids is 1. The third-order valence-electron chi connectivity index (χ3n) is 8.11. The molecule has 1 atom stereocenters. The van der Waals surface area contributed by atoms with E-state index in [2.05, 4.69) is 31.1 Å². The van der Waals surface area contributed by atoms with Crippen LogP contribution in [0.15, 0.2) is 42.5 Å². The maximum Gasteiger partial charge on any atom is 0.326 e. The van der Waals surface area contributed by atoms with Gasteiger partial charge in [0.05, 0.1) is 5.75 Å². The molecule has 0 bridgehead atoms. The summed E-state index contributed by atoms with van der Waals surface area (Å²) in [5.41, 5.74) is 4.08. The second-order valence-electron chi connectivity index (χ2n) is 11.9. The number of carboxylic acid groups (broad SMARTS) is 1. The minimum Gasteiger partial charge on any atom is -0.480 e. The Morgan fingerprint density at radius 3 is 2.36 bits per heavy atom. The molecule has 1 aliphatic carbocycles. The minimum absolute atomic E-state index is 0.0230. The highest BCUT2D eigenvalue weighted by Crippen LogP contribution is 2.34. The number of rotatable bonds is 12. The number of carbonyl (C=O) groups is 2. The van der Waals surface area contributed by atoms with Crippen molar-refractivity contribution in [1.29, 1.82) is 0 Å². The van der Waals surface area contributed by atoms with E-state index in [0.29, 0.717) is 12.1 Å². The van der Waals surface area contributed by atoms with Crippen LogP contribution in [0.5, 0.6) is 0 Å². The van der Waals surface area contributed by atoms with Gasteiger partial charge in [-0.2, -0.15) is 0 Å². The van der Waals surface area contributed by atoms with Gasteiger partial charge in [-0.3, -0.25) is 9.69 Å². The van der Waals surface area contributed by atoms with Crippen LogP contribution in [0.25, 0.3) is 11.1 Å². The van der Waals surface area contributed by atoms with E-state index in [4.69, 9.17) is 0 Å². The molecule has 0 aliphatic heterocycles. The number of hydrogen-bond donors (Lipinski definition) is 2. The van der Waals surface area contributed by atoms with E-state index in [-0.39, 0.29) is 17.7 Å². The minimum atomic E-state index is -3.37. The Labute approximate surface area is 233 Å². The van der Waals surface area contributed by atoms with Crippen molar-refractivity contribution in [3.05, 3.63) is 59.2 Å². The highest BCUT2D eigenvalue weighted by atomic mass is 32.2. The van der Waals surface area contributed by atoms with Crippen LogP contribution < -0.4 is 5.32 Å². The zero-order valence-electron chi connectivity index (χ0n) is 24.0. The van der Waals surface area contributed by atoms with Crippen molar-refractivity contribution in [2.45, 2.75) is 83.8 Å². The smallest absolute Gasteiger partial charge is 0.326 e. The standard InChI is InChI=1S/C31H44N2O5S/c1-22-11-9-10-14-25(22)27-19-24(21-33(4)31(2,3)20-23-12-7-6-8-13-23)15-16-26(27)29(34)32-28(30(35)36)17-18-39(5,37)38/h9-11,14-16,19,23,28H,6-8,12-13,17-18,20-21H2,1-5H3,(H,32,34)(H,35,36)/t28-/m0/s1. The van der Waals surface area contributed by atoms with Crippen LogP contribution in [0.2, 0.25) is 0 Å². The summed E-state index contributed by atoms with van der Waals surface area (Å²) in [4.78, 5) is 27.5. The van der Waals surface area contributed by atoms with E-state index < -0.39 is 27.8 Å². The van der Waals surface area contributed by atoms with Gasteiger partial charge >= 0.3 is 5.97 Å². The van der Waals surface area contributed by atoms with Crippen LogP contribution >= 0.6 is 0 Å². The maximum atomic E-state index is 13.4. The molecular formula is C31H44N2O5S. The van der Waals surface area contributed by atoms with Crippen LogP contribution in [-0.2, 0) is 21.2 Å². The molecule has 0 heterocycles. The predicted octanol–water partition coefficient (Wildman–Crippen LogP) is 5.46. The van der Waals surface area contributed by atoms with Crippen LogP contribution in [0.4, 0.5) is 0 Å². The largest absolute Gasteiger partial charge is 0.480 e. The Balaban J connectivity index is 1.88. The van der Waals surface area contributed by atoms with Crippen molar-refractivity contribution in [2.24, 2.45) is 5.92 Å². The first kappa shape index (κ1) is 30.8. The van der Waals surface area contributed by atoms with Gasteiger partial charge in [-0.1, -0.05) is 62.4 Å². The van der Waals surface area contributed by atoms with Crippen LogP contribution in [-0.4, -0.2) is 60.9 Å². The molecule has 3 rings (SSSR count). The van der Waals surface area contributed by atoms with E-state index in [1.54, 1.807) is 6.07 Å². The topological polar surface area (TPSA) is 104 Å². The lowest BCUT2D eigenvalue weighted by molar-refractivity contribution is -0.139. The number of carbonyl (C=O) groups excluding carboxylic acids is 1. The molecule has 1 fully saturated rings. The quantitative estimate of drug-likeness (QED) is 0.360. The van der Waals surface area contributed by atoms with E-state index in [9.17, 15) is 23.1 Å². The summed E-state index contributed by atoms with van der Waals surface area (Å²) >= 11 is 0. The number of sulfone groups is 1. The van der Waals surface area contributed by atoms with Gasteiger partial charge in [-0.25, -0.2) is 13.2 Å². The number of hydrogen-bond acceptors (Lipinski definition) is 5. The number of nitrogens with zero attached hydrogens (tertiary/aromatic N) is 1. The molecule has 0 spiro atoms. The molecule has 39 heavy (non-hydrogen) atoms. The lowest BCUT2D eigenvalue weighted by Crippen LogP contribution is -2.42. The van der Waals surface area contributed by atoms with Crippen molar-refractivity contribution in [3.63, 3.8) is 0 Å². The molecule has 0 radical (unpaired) electrons. The van der Waals surface area contributed by atoms with Crippen molar-refractivity contribution < 1.29 is 23.1 Å². The number of aryl methyl sites for hydroxylation is 1. The van der Waals surface area contributed by atoms with Gasteiger partial charge in [0, 0.05) is 23.9 Å². The SMILES string of the molecule is Cc1ccccc1-c1cc(CN(C)C(C)(C)CC2CCCCC2)ccc1C(=O)N[C@@H](CCS(C)(=O)=O)C(=O)O. The van der Waals surface area contributed by atoms with Gasteiger partial charge in [-0.15, -0.1) is 0 Å². The van der Waals surface area contributed by atoms with E-state index >= 15 is 0 Å². The highest BCUT2D eigenvalue weighted by molar-refractivity contribution is 7.90. The molecule has 2 aromatic rings. The Hall–Kier alpha value is -2.71. The first-order chi connectivity index (χ1) is 18.3. The number of benzene rings is 2. The Morgan fingerprint density at radius 2 is 1.74 bits per heavy atom. The van der Waals surface area contributed by atoms with Gasteiger partial charge in [-0.05, 0) is 81.0 Å². The fourth-order valence-electron chi connectivity index (χ4n) is 5.55. The average molecular weight is 557 g/mol. The molecule has 1 aliphatic rings. The monoisotopic (exact) mass is 556 g/mol. The summed E-state index contributed by atoms with van der Waals surface area (Å²) in [6.07, 6.45) is 8.61. The Bertz CT molecular complexity index is 1270. The zero-order chi connectivity index (χ0) is 28.8. The van der Waals surface area contributed by atoms with Crippen LogP contribution in [0.3, 0.4) is 0 Å². The summed E-state index contributed by atoms with van der Waals surface area (Å²) < 4.78 is 23.2. The third kappa shape index (κ3) is 8.90. The van der Waals surface area contributed by atoms with E-state index in [1.165, 1.54) is 32.1 Å². The summed E-state index contributed by atoms with van der Waals surface area (Å²) in [5.74, 6) is -1.36. The van der Waals surface area contributed by atoms with Gasteiger partial charge in [0.25, 0.3) is 5.91 Å². The van der Waals surface area contributed by atoms with E-state index in [1.807, 2.05) is 43.3 Å². The Morgan fingerprint density at radius 1 is 1.08 bits per heavy atom. The number of aliphatic carboxylic acids is 1. The highest BCUT2D eigenvalue weighted by Gasteiger charge is 2.29. The fraction of sp³-hybridized carbons (Fsp3) is 0.548. The fourth-order valence-corrected chi connectivity index (χ4v) is 6.22. The zero-order valence-corrected chi connectivity index (χ0v) is 24.8. The summed E-state index contributed by atoms with van der Waals surface area (Å²) in [6, 6.07) is 12.2. The van der Waals surface area contributed by atoms with E-state index in [0.717, 1.165) is 40.8 Å². The second kappa shape index (κ2) is 13.1. The first-order valence-corrected chi connectivity index (χ1v) is 15.9. The van der Waals surface area contributed by atoms with Crippen LogP contribution in [0.1, 0.15) is 80.3 Å².